The van der Waals surface area contributed by atoms with E-state index in [1.54, 1.807) is 0 Å². The summed E-state index contributed by atoms with van der Waals surface area (Å²) in [6, 6.07) is 0. The Morgan fingerprint density at radius 2 is 2.00 bits per heavy atom. The molecule has 17 heavy (non-hydrogen) atoms. The molecule has 0 aromatic rings. The van der Waals surface area contributed by atoms with Gasteiger partial charge in [0.2, 0.25) is 0 Å². The van der Waals surface area contributed by atoms with Crippen molar-refractivity contribution in [3.63, 3.8) is 0 Å². The van der Waals surface area contributed by atoms with Gasteiger partial charge in [-0.25, -0.2) is 0 Å². The predicted octanol–water partition coefficient (Wildman–Crippen LogP) is 0.440. The smallest absolute Gasteiger partial charge is 0.0791 e. The lowest BCUT2D eigenvalue weighted by atomic mass is 10.1. The highest BCUT2D eigenvalue weighted by Crippen LogP contribution is 2.24. The molecule has 0 bridgehead atoms. The zero-order valence-corrected chi connectivity index (χ0v) is 11.2. The largest absolute Gasteiger partial charge is 0.393 e. The minimum Gasteiger partial charge on any atom is -0.393 e. The van der Waals surface area contributed by atoms with Gasteiger partial charge in [0.05, 0.1) is 12.2 Å². The first-order valence-corrected chi connectivity index (χ1v) is 6.96. The molecule has 3 unspecified atom stereocenters. The number of rotatable bonds is 8. The lowest BCUT2D eigenvalue weighted by Gasteiger charge is -2.23. The van der Waals surface area contributed by atoms with Crippen LogP contribution in [0.2, 0.25) is 0 Å². The maximum atomic E-state index is 9.85. The molecule has 0 aromatic heterocycles. The van der Waals surface area contributed by atoms with Gasteiger partial charge in [-0.15, -0.1) is 0 Å². The van der Waals surface area contributed by atoms with E-state index in [2.05, 4.69) is 24.1 Å². The van der Waals surface area contributed by atoms with Crippen LogP contribution in [0.25, 0.3) is 0 Å². The van der Waals surface area contributed by atoms with E-state index in [4.69, 9.17) is 0 Å². The van der Waals surface area contributed by atoms with E-state index >= 15 is 0 Å². The summed E-state index contributed by atoms with van der Waals surface area (Å²) >= 11 is 0. The third-order valence-electron chi connectivity index (χ3n) is 3.77. The van der Waals surface area contributed by atoms with E-state index in [0.717, 1.165) is 45.4 Å². The summed E-state index contributed by atoms with van der Waals surface area (Å²) in [5.41, 5.74) is 0. The Balaban J connectivity index is 2.09. The van der Waals surface area contributed by atoms with Crippen molar-refractivity contribution >= 4 is 0 Å². The first-order valence-electron chi connectivity index (χ1n) is 6.96. The van der Waals surface area contributed by atoms with Crippen LogP contribution >= 0.6 is 0 Å². The molecule has 4 nitrogen and oxygen atoms in total. The van der Waals surface area contributed by atoms with E-state index in [9.17, 15) is 10.2 Å². The Bertz CT molecular complexity index is 198. The molecule has 3 N–H and O–H groups in total. The standard InChI is InChI=1S/C13H28N2O2/c1-3-15(4-2)10-12(16)9-14-8-11-6-5-7-13(11)17/h11-14,16-17H,3-10H2,1-2H3. The van der Waals surface area contributed by atoms with Crippen molar-refractivity contribution < 1.29 is 10.2 Å². The van der Waals surface area contributed by atoms with Crippen LogP contribution in [0, 0.1) is 5.92 Å². The molecular formula is C13H28N2O2. The zero-order valence-electron chi connectivity index (χ0n) is 11.2. The molecule has 1 aliphatic carbocycles. The molecule has 0 radical (unpaired) electrons. The van der Waals surface area contributed by atoms with Crippen LogP contribution in [0.3, 0.4) is 0 Å². The van der Waals surface area contributed by atoms with Crippen molar-refractivity contribution in [2.45, 2.75) is 45.3 Å². The van der Waals surface area contributed by atoms with E-state index in [-0.39, 0.29) is 12.2 Å². The Kier molecular flexibility index (Phi) is 7.04. The molecule has 1 fully saturated rings. The number of hydrogen-bond donors (Lipinski definition) is 3. The Morgan fingerprint density at radius 1 is 1.29 bits per heavy atom. The highest BCUT2D eigenvalue weighted by Gasteiger charge is 2.24. The lowest BCUT2D eigenvalue weighted by Crippen LogP contribution is -2.40. The fourth-order valence-electron chi connectivity index (χ4n) is 2.54. The van der Waals surface area contributed by atoms with Crippen LogP contribution in [-0.2, 0) is 0 Å². The van der Waals surface area contributed by atoms with Gasteiger partial charge in [-0.1, -0.05) is 20.3 Å². The maximum Gasteiger partial charge on any atom is 0.0791 e. The maximum absolute atomic E-state index is 9.85. The Hall–Kier alpha value is -0.160. The van der Waals surface area contributed by atoms with E-state index in [0.29, 0.717) is 12.5 Å². The minimum absolute atomic E-state index is 0.137. The summed E-state index contributed by atoms with van der Waals surface area (Å²) in [6.07, 6.45) is 2.74. The highest BCUT2D eigenvalue weighted by atomic mass is 16.3. The Labute approximate surface area is 105 Å². The first kappa shape index (κ1) is 14.9. The van der Waals surface area contributed by atoms with Gasteiger partial charge in [0.25, 0.3) is 0 Å². The van der Waals surface area contributed by atoms with Crippen molar-refractivity contribution in [2.24, 2.45) is 5.92 Å². The number of nitrogens with zero attached hydrogens (tertiary/aromatic N) is 1. The van der Waals surface area contributed by atoms with Gasteiger partial charge in [0.1, 0.15) is 0 Å². The average Bonchev–Trinajstić information content (AvgIpc) is 2.72. The van der Waals surface area contributed by atoms with Gasteiger partial charge in [-0.05, 0) is 31.8 Å². The van der Waals surface area contributed by atoms with Gasteiger partial charge in [0, 0.05) is 19.6 Å². The van der Waals surface area contributed by atoms with Gasteiger partial charge < -0.3 is 20.4 Å². The summed E-state index contributed by atoms with van der Waals surface area (Å²) in [6.45, 7) is 8.37. The highest BCUT2D eigenvalue weighted by molar-refractivity contribution is 4.78. The normalized spacial score (nSPS) is 26.6. The van der Waals surface area contributed by atoms with Gasteiger partial charge >= 0.3 is 0 Å². The molecule has 1 saturated carbocycles. The van der Waals surface area contributed by atoms with Crippen molar-refractivity contribution in [3.05, 3.63) is 0 Å². The van der Waals surface area contributed by atoms with Crippen LogP contribution in [0.5, 0.6) is 0 Å². The fourth-order valence-corrected chi connectivity index (χ4v) is 2.54. The topological polar surface area (TPSA) is 55.7 Å². The fraction of sp³-hybridized carbons (Fsp3) is 1.00. The van der Waals surface area contributed by atoms with Crippen LogP contribution in [0.1, 0.15) is 33.1 Å². The molecule has 3 atom stereocenters. The summed E-state index contributed by atoms with van der Waals surface area (Å²) < 4.78 is 0. The lowest BCUT2D eigenvalue weighted by molar-refractivity contribution is 0.106. The molecule has 0 amide bonds. The molecule has 0 aliphatic heterocycles. The van der Waals surface area contributed by atoms with Crippen LogP contribution in [0.4, 0.5) is 0 Å². The number of nitrogens with one attached hydrogen (secondary N) is 1. The van der Waals surface area contributed by atoms with E-state index < -0.39 is 0 Å². The predicted molar refractivity (Wildman–Crippen MR) is 70.0 cm³/mol. The van der Waals surface area contributed by atoms with Crippen molar-refractivity contribution in [3.8, 4) is 0 Å². The molecule has 4 heteroatoms. The van der Waals surface area contributed by atoms with Gasteiger partial charge in [-0.3, -0.25) is 0 Å². The second-order valence-electron chi connectivity index (χ2n) is 5.06. The molecule has 0 heterocycles. The Morgan fingerprint density at radius 3 is 2.53 bits per heavy atom. The number of likely N-dealkylation sites (N-methyl/N-ethyl adjacent to an activating group) is 1. The molecule has 0 spiro atoms. The summed E-state index contributed by atoms with van der Waals surface area (Å²) in [5, 5.41) is 22.8. The molecular weight excluding hydrogens is 216 g/mol. The van der Waals surface area contributed by atoms with Crippen LogP contribution in [-0.4, -0.2) is 60.0 Å². The first-order chi connectivity index (χ1) is 8.17. The number of aliphatic hydroxyl groups is 2. The second kappa shape index (κ2) is 8.03. The molecule has 1 aliphatic rings. The number of hydrogen-bond acceptors (Lipinski definition) is 4. The average molecular weight is 244 g/mol. The second-order valence-corrected chi connectivity index (χ2v) is 5.06. The molecule has 1 rings (SSSR count). The monoisotopic (exact) mass is 244 g/mol. The van der Waals surface area contributed by atoms with Crippen molar-refractivity contribution in [1.82, 2.24) is 10.2 Å². The zero-order chi connectivity index (χ0) is 12.7. The van der Waals surface area contributed by atoms with E-state index in [1.165, 1.54) is 0 Å². The van der Waals surface area contributed by atoms with Gasteiger partial charge in [0.15, 0.2) is 0 Å². The van der Waals surface area contributed by atoms with E-state index in [1.807, 2.05) is 0 Å². The molecule has 102 valence electrons. The molecule has 0 saturated heterocycles. The van der Waals surface area contributed by atoms with Crippen molar-refractivity contribution in [2.75, 3.05) is 32.7 Å². The molecule has 0 aromatic carbocycles. The summed E-state index contributed by atoms with van der Waals surface area (Å²) in [5.74, 6) is 0.385. The third kappa shape index (κ3) is 5.34. The third-order valence-corrected chi connectivity index (χ3v) is 3.77. The van der Waals surface area contributed by atoms with Crippen LogP contribution < -0.4 is 5.32 Å². The summed E-state index contributed by atoms with van der Waals surface area (Å²) in [4.78, 5) is 2.22. The quantitative estimate of drug-likeness (QED) is 0.580. The number of aliphatic hydroxyl groups excluding tert-OH is 2. The SMILES string of the molecule is CCN(CC)CC(O)CNCC1CCCC1O. The van der Waals surface area contributed by atoms with Crippen molar-refractivity contribution in [1.29, 1.82) is 0 Å². The summed E-state index contributed by atoms with van der Waals surface area (Å²) in [7, 11) is 0. The van der Waals surface area contributed by atoms with Crippen LogP contribution in [0.15, 0.2) is 0 Å². The van der Waals surface area contributed by atoms with Gasteiger partial charge in [-0.2, -0.15) is 0 Å². The minimum atomic E-state index is -0.312.